The highest BCUT2D eigenvalue weighted by molar-refractivity contribution is 5.91. The number of aliphatic hydroxyl groups excluding tert-OH is 1. The molecule has 0 saturated heterocycles. The fourth-order valence-corrected chi connectivity index (χ4v) is 2.13. The van der Waals surface area contributed by atoms with Gasteiger partial charge in [0.2, 0.25) is 0 Å². The molecule has 19 heavy (non-hydrogen) atoms. The summed E-state index contributed by atoms with van der Waals surface area (Å²) in [6.45, 7) is 2.62. The summed E-state index contributed by atoms with van der Waals surface area (Å²) < 4.78 is 1.64. The molecular formula is C15H20N2O2. The van der Waals surface area contributed by atoms with Gasteiger partial charge in [0.1, 0.15) is 0 Å². The Morgan fingerprint density at radius 2 is 2.11 bits per heavy atom. The van der Waals surface area contributed by atoms with Gasteiger partial charge < -0.3 is 15.0 Å². The summed E-state index contributed by atoms with van der Waals surface area (Å²) in [7, 11) is 1.77. The zero-order valence-corrected chi connectivity index (χ0v) is 11.4. The van der Waals surface area contributed by atoms with Gasteiger partial charge in [0.05, 0.1) is 11.6 Å². The van der Waals surface area contributed by atoms with Crippen molar-refractivity contribution in [2.45, 2.75) is 25.9 Å². The molecule has 102 valence electrons. The van der Waals surface area contributed by atoms with Gasteiger partial charge in [-0.3, -0.25) is 4.79 Å². The second-order valence-electron chi connectivity index (χ2n) is 4.75. The minimum atomic E-state index is -0.287. The van der Waals surface area contributed by atoms with Crippen molar-refractivity contribution >= 4 is 16.6 Å². The van der Waals surface area contributed by atoms with Crippen molar-refractivity contribution in [3.05, 3.63) is 40.7 Å². The van der Waals surface area contributed by atoms with E-state index in [0.717, 1.165) is 23.0 Å². The van der Waals surface area contributed by atoms with E-state index in [4.69, 9.17) is 0 Å². The Bertz CT molecular complexity index is 619. The standard InChI is InChI=1S/C15H20N2O2/c1-3-11(18)8-9-16-13-10-15(19)17(2)14-7-5-4-6-12(13)14/h4-7,10-11,16,18H,3,8-9H2,1-2H3. The van der Waals surface area contributed by atoms with Crippen molar-refractivity contribution in [2.24, 2.45) is 7.05 Å². The van der Waals surface area contributed by atoms with Crippen LogP contribution in [-0.2, 0) is 7.05 Å². The molecule has 0 bridgehead atoms. The topological polar surface area (TPSA) is 54.3 Å². The second kappa shape index (κ2) is 5.89. The summed E-state index contributed by atoms with van der Waals surface area (Å²) in [5.41, 5.74) is 1.72. The summed E-state index contributed by atoms with van der Waals surface area (Å²) >= 11 is 0. The molecule has 0 aliphatic rings. The monoisotopic (exact) mass is 260 g/mol. The number of nitrogens with one attached hydrogen (secondary N) is 1. The average molecular weight is 260 g/mol. The third-order valence-electron chi connectivity index (χ3n) is 3.42. The van der Waals surface area contributed by atoms with Crippen LogP contribution in [0.1, 0.15) is 19.8 Å². The van der Waals surface area contributed by atoms with E-state index in [1.807, 2.05) is 31.2 Å². The molecule has 0 aliphatic carbocycles. The molecule has 0 fully saturated rings. The Morgan fingerprint density at radius 1 is 1.37 bits per heavy atom. The minimum absolute atomic E-state index is 0.0303. The number of aryl methyl sites for hydroxylation is 1. The molecule has 1 aromatic carbocycles. The predicted molar refractivity (Wildman–Crippen MR) is 78.6 cm³/mol. The number of para-hydroxylation sites is 1. The molecular weight excluding hydrogens is 240 g/mol. The highest BCUT2D eigenvalue weighted by Crippen LogP contribution is 2.20. The maximum Gasteiger partial charge on any atom is 0.252 e. The normalized spacial score (nSPS) is 12.6. The largest absolute Gasteiger partial charge is 0.393 e. The van der Waals surface area contributed by atoms with Gasteiger partial charge >= 0.3 is 0 Å². The molecule has 4 nitrogen and oxygen atoms in total. The first-order chi connectivity index (χ1) is 9.13. The molecule has 0 spiro atoms. The van der Waals surface area contributed by atoms with E-state index >= 15 is 0 Å². The van der Waals surface area contributed by atoms with Crippen molar-refractivity contribution in [1.82, 2.24) is 4.57 Å². The van der Waals surface area contributed by atoms with E-state index in [1.54, 1.807) is 17.7 Å². The molecule has 2 N–H and O–H groups in total. The lowest BCUT2D eigenvalue weighted by molar-refractivity contribution is 0.164. The number of aromatic nitrogens is 1. The predicted octanol–water partition coefficient (Wildman–Crippen LogP) is 2.11. The van der Waals surface area contributed by atoms with Crippen LogP contribution in [0.3, 0.4) is 0 Å². The fraction of sp³-hybridized carbons (Fsp3) is 0.400. The zero-order chi connectivity index (χ0) is 13.8. The third-order valence-corrected chi connectivity index (χ3v) is 3.42. The quantitative estimate of drug-likeness (QED) is 0.865. The van der Waals surface area contributed by atoms with Crippen LogP contribution in [0.25, 0.3) is 10.9 Å². The highest BCUT2D eigenvalue weighted by Gasteiger charge is 2.06. The molecule has 2 rings (SSSR count). The molecule has 2 aromatic rings. The average Bonchev–Trinajstić information content (AvgIpc) is 2.44. The van der Waals surface area contributed by atoms with Crippen LogP contribution in [0.15, 0.2) is 35.1 Å². The van der Waals surface area contributed by atoms with Crippen LogP contribution in [0, 0.1) is 0 Å². The number of rotatable bonds is 5. The van der Waals surface area contributed by atoms with Crippen molar-refractivity contribution in [3.63, 3.8) is 0 Å². The summed E-state index contributed by atoms with van der Waals surface area (Å²) in [6, 6.07) is 9.42. The van der Waals surface area contributed by atoms with Gasteiger partial charge in [-0.2, -0.15) is 0 Å². The number of aliphatic hydroxyl groups is 1. The number of nitrogens with zero attached hydrogens (tertiary/aromatic N) is 1. The Balaban J connectivity index is 2.28. The molecule has 0 radical (unpaired) electrons. The Kier molecular flexibility index (Phi) is 4.22. The maximum atomic E-state index is 11.9. The first kappa shape index (κ1) is 13.6. The fourth-order valence-electron chi connectivity index (χ4n) is 2.13. The minimum Gasteiger partial charge on any atom is -0.393 e. The molecule has 1 heterocycles. The highest BCUT2D eigenvalue weighted by atomic mass is 16.3. The van der Waals surface area contributed by atoms with Gasteiger partial charge in [-0.15, -0.1) is 0 Å². The maximum absolute atomic E-state index is 11.9. The Hall–Kier alpha value is -1.81. The molecule has 1 atom stereocenters. The molecule has 0 saturated carbocycles. The van der Waals surface area contributed by atoms with Gasteiger partial charge in [-0.05, 0) is 18.9 Å². The molecule has 0 amide bonds. The van der Waals surface area contributed by atoms with Crippen molar-refractivity contribution < 1.29 is 5.11 Å². The second-order valence-corrected chi connectivity index (χ2v) is 4.75. The molecule has 1 aromatic heterocycles. The first-order valence-corrected chi connectivity index (χ1v) is 6.64. The van der Waals surface area contributed by atoms with E-state index in [1.165, 1.54) is 0 Å². The number of anilines is 1. The summed E-state index contributed by atoms with van der Waals surface area (Å²) in [4.78, 5) is 11.9. The zero-order valence-electron chi connectivity index (χ0n) is 11.4. The van der Waals surface area contributed by atoms with Gasteiger partial charge in [0, 0.05) is 30.7 Å². The van der Waals surface area contributed by atoms with Gasteiger partial charge in [0.25, 0.3) is 5.56 Å². The van der Waals surface area contributed by atoms with E-state index in [-0.39, 0.29) is 11.7 Å². The molecule has 1 unspecified atom stereocenters. The number of hydrogen-bond donors (Lipinski definition) is 2. The summed E-state index contributed by atoms with van der Waals surface area (Å²) in [5, 5.41) is 13.8. The van der Waals surface area contributed by atoms with Crippen LogP contribution in [0.2, 0.25) is 0 Å². The summed E-state index contributed by atoms with van der Waals surface area (Å²) in [5.74, 6) is 0. The van der Waals surface area contributed by atoms with Crippen molar-refractivity contribution in [1.29, 1.82) is 0 Å². The molecule has 4 heteroatoms. The van der Waals surface area contributed by atoms with E-state index < -0.39 is 0 Å². The number of benzene rings is 1. The number of pyridine rings is 1. The van der Waals surface area contributed by atoms with Crippen LogP contribution in [0.5, 0.6) is 0 Å². The molecule has 0 aliphatic heterocycles. The van der Waals surface area contributed by atoms with E-state index in [0.29, 0.717) is 13.0 Å². The SMILES string of the molecule is CCC(O)CCNc1cc(=O)n(C)c2ccccc12. The smallest absolute Gasteiger partial charge is 0.252 e. The number of hydrogen-bond acceptors (Lipinski definition) is 3. The lowest BCUT2D eigenvalue weighted by Gasteiger charge is -2.13. The Morgan fingerprint density at radius 3 is 2.84 bits per heavy atom. The lowest BCUT2D eigenvalue weighted by Crippen LogP contribution is -2.18. The summed E-state index contributed by atoms with van der Waals surface area (Å²) in [6.07, 6.45) is 1.14. The van der Waals surface area contributed by atoms with Crippen LogP contribution >= 0.6 is 0 Å². The van der Waals surface area contributed by atoms with Crippen LogP contribution in [-0.4, -0.2) is 22.3 Å². The van der Waals surface area contributed by atoms with Crippen LogP contribution < -0.4 is 10.9 Å². The lowest BCUT2D eigenvalue weighted by atomic mass is 10.1. The van der Waals surface area contributed by atoms with Gasteiger partial charge in [0.15, 0.2) is 0 Å². The third kappa shape index (κ3) is 2.96. The number of fused-ring (bicyclic) bond motifs is 1. The van der Waals surface area contributed by atoms with E-state index in [9.17, 15) is 9.90 Å². The van der Waals surface area contributed by atoms with E-state index in [2.05, 4.69) is 5.32 Å². The van der Waals surface area contributed by atoms with Crippen molar-refractivity contribution in [2.75, 3.05) is 11.9 Å². The van der Waals surface area contributed by atoms with Gasteiger partial charge in [-0.1, -0.05) is 25.1 Å². The first-order valence-electron chi connectivity index (χ1n) is 6.64. The Labute approximate surface area is 112 Å². The van der Waals surface area contributed by atoms with Gasteiger partial charge in [-0.25, -0.2) is 0 Å². The van der Waals surface area contributed by atoms with Crippen molar-refractivity contribution in [3.8, 4) is 0 Å². The van der Waals surface area contributed by atoms with Crippen LogP contribution in [0.4, 0.5) is 5.69 Å².